The molecule has 1 fully saturated rings. The molecular formula is C22H30IN3O2. The van der Waals surface area contributed by atoms with E-state index in [9.17, 15) is 0 Å². The molecule has 28 heavy (non-hydrogen) atoms. The first kappa shape index (κ1) is 22.3. The maximum absolute atomic E-state index is 6.18. The van der Waals surface area contributed by atoms with Gasteiger partial charge in [-0.15, -0.1) is 24.0 Å². The molecule has 3 N–H and O–H groups in total. The summed E-state index contributed by atoms with van der Waals surface area (Å²) in [4.78, 5) is 4.69. The summed E-state index contributed by atoms with van der Waals surface area (Å²) >= 11 is 0. The van der Waals surface area contributed by atoms with E-state index in [-0.39, 0.29) is 29.4 Å². The SMILES string of the molecule is COc1ccc(NC(N)=NCC2(c3cccc(C)c3)CCCC2)cc1OC.I. The Morgan fingerprint density at radius 2 is 1.79 bits per heavy atom. The molecule has 152 valence electrons. The van der Waals surface area contributed by atoms with Crippen molar-refractivity contribution in [3.63, 3.8) is 0 Å². The van der Waals surface area contributed by atoms with Crippen LogP contribution >= 0.6 is 24.0 Å². The minimum Gasteiger partial charge on any atom is -0.493 e. The number of halogens is 1. The monoisotopic (exact) mass is 495 g/mol. The first-order valence-electron chi connectivity index (χ1n) is 9.42. The lowest BCUT2D eigenvalue weighted by Gasteiger charge is -2.28. The van der Waals surface area contributed by atoms with Crippen molar-refractivity contribution in [3.05, 3.63) is 53.6 Å². The highest BCUT2D eigenvalue weighted by atomic mass is 127. The van der Waals surface area contributed by atoms with Gasteiger partial charge in [-0.05, 0) is 37.5 Å². The number of rotatable bonds is 6. The summed E-state index contributed by atoms with van der Waals surface area (Å²) in [7, 11) is 3.23. The van der Waals surface area contributed by atoms with E-state index in [0.717, 1.165) is 18.5 Å². The summed E-state index contributed by atoms with van der Waals surface area (Å²) in [5.41, 5.74) is 9.77. The number of ether oxygens (including phenoxy) is 2. The van der Waals surface area contributed by atoms with Crippen molar-refractivity contribution in [1.82, 2.24) is 0 Å². The number of benzene rings is 2. The molecule has 2 aromatic carbocycles. The summed E-state index contributed by atoms with van der Waals surface area (Å²) in [6.45, 7) is 2.84. The molecule has 3 rings (SSSR count). The fourth-order valence-corrected chi connectivity index (χ4v) is 3.90. The topological polar surface area (TPSA) is 68.9 Å². The van der Waals surface area contributed by atoms with Gasteiger partial charge in [-0.2, -0.15) is 0 Å². The van der Waals surface area contributed by atoms with Crippen molar-refractivity contribution >= 4 is 35.6 Å². The van der Waals surface area contributed by atoms with Crippen LogP contribution in [0.1, 0.15) is 36.8 Å². The molecule has 0 aromatic heterocycles. The third kappa shape index (κ3) is 5.10. The zero-order valence-electron chi connectivity index (χ0n) is 16.8. The van der Waals surface area contributed by atoms with Crippen molar-refractivity contribution in [1.29, 1.82) is 0 Å². The molecule has 0 unspecified atom stereocenters. The Bertz CT molecular complexity index is 817. The van der Waals surface area contributed by atoms with Gasteiger partial charge in [-0.3, -0.25) is 4.99 Å². The fourth-order valence-electron chi connectivity index (χ4n) is 3.90. The smallest absolute Gasteiger partial charge is 0.193 e. The highest BCUT2D eigenvalue weighted by molar-refractivity contribution is 14.0. The molecule has 0 saturated heterocycles. The molecule has 0 aliphatic heterocycles. The van der Waals surface area contributed by atoms with E-state index < -0.39 is 0 Å². The van der Waals surface area contributed by atoms with Gasteiger partial charge in [0.15, 0.2) is 17.5 Å². The Hall–Kier alpha value is -1.96. The highest BCUT2D eigenvalue weighted by Gasteiger charge is 2.35. The Morgan fingerprint density at radius 3 is 2.43 bits per heavy atom. The van der Waals surface area contributed by atoms with Gasteiger partial charge in [0.1, 0.15) is 0 Å². The highest BCUT2D eigenvalue weighted by Crippen LogP contribution is 2.41. The van der Waals surface area contributed by atoms with Gasteiger partial charge >= 0.3 is 0 Å². The third-order valence-electron chi connectivity index (χ3n) is 5.40. The Morgan fingerprint density at radius 1 is 1.07 bits per heavy atom. The molecule has 1 aliphatic carbocycles. The number of nitrogens with one attached hydrogen (secondary N) is 1. The van der Waals surface area contributed by atoms with Gasteiger partial charge in [0.2, 0.25) is 0 Å². The number of nitrogens with two attached hydrogens (primary N) is 1. The summed E-state index contributed by atoms with van der Waals surface area (Å²) in [6, 6.07) is 14.4. The number of guanidine groups is 1. The maximum atomic E-state index is 6.18. The van der Waals surface area contributed by atoms with E-state index in [0.29, 0.717) is 24.0 Å². The second-order valence-electron chi connectivity index (χ2n) is 7.25. The van der Waals surface area contributed by atoms with Crippen LogP contribution in [0.2, 0.25) is 0 Å². The summed E-state index contributed by atoms with van der Waals surface area (Å²) in [6.07, 6.45) is 4.80. The molecule has 0 radical (unpaired) electrons. The van der Waals surface area contributed by atoms with Gasteiger partial charge in [-0.25, -0.2) is 0 Å². The lowest BCUT2D eigenvalue weighted by Crippen LogP contribution is -2.30. The van der Waals surface area contributed by atoms with Crippen molar-refractivity contribution in [2.75, 3.05) is 26.1 Å². The Labute approximate surface area is 184 Å². The number of hydrogen-bond donors (Lipinski definition) is 2. The van der Waals surface area contributed by atoms with Crippen LogP contribution in [0.25, 0.3) is 0 Å². The molecule has 0 atom stereocenters. The van der Waals surface area contributed by atoms with Gasteiger partial charge < -0.3 is 20.5 Å². The average Bonchev–Trinajstić information content (AvgIpc) is 3.16. The molecule has 2 aromatic rings. The van der Waals surface area contributed by atoms with Crippen LogP contribution in [0, 0.1) is 6.92 Å². The van der Waals surface area contributed by atoms with Gasteiger partial charge in [-0.1, -0.05) is 42.7 Å². The van der Waals surface area contributed by atoms with Gasteiger partial charge in [0.05, 0.1) is 20.8 Å². The maximum Gasteiger partial charge on any atom is 0.193 e. The largest absolute Gasteiger partial charge is 0.493 e. The fraction of sp³-hybridized carbons (Fsp3) is 0.409. The van der Waals surface area contributed by atoms with E-state index in [1.165, 1.54) is 24.0 Å². The third-order valence-corrected chi connectivity index (χ3v) is 5.40. The number of hydrogen-bond acceptors (Lipinski definition) is 3. The molecule has 6 heteroatoms. The molecule has 0 amide bonds. The summed E-state index contributed by atoms with van der Waals surface area (Å²) in [5, 5.41) is 3.16. The zero-order valence-corrected chi connectivity index (χ0v) is 19.2. The summed E-state index contributed by atoms with van der Waals surface area (Å²) in [5.74, 6) is 1.76. The number of aryl methyl sites for hydroxylation is 1. The van der Waals surface area contributed by atoms with Crippen LogP contribution in [0.3, 0.4) is 0 Å². The van der Waals surface area contributed by atoms with Crippen LogP contribution < -0.4 is 20.5 Å². The van der Waals surface area contributed by atoms with Crippen molar-refractivity contribution in [3.8, 4) is 11.5 Å². The van der Waals surface area contributed by atoms with Crippen LogP contribution in [0.4, 0.5) is 5.69 Å². The molecular weight excluding hydrogens is 465 g/mol. The molecule has 1 saturated carbocycles. The van der Waals surface area contributed by atoms with Crippen LogP contribution in [-0.4, -0.2) is 26.7 Å². The molecule has 0 heterocycles. The van der Waals surface area contributed by atoms with E-state index in [1.54, 1.807) is 14.2 Å². The van der Waals surface area contributed by atoms with E-state index in [4.69, 9.17) is 15.2 Å². The van der Waals surface area contributed by atoms with Crippen molar-refractivity contribution in [2.24, 2.45) is 10.7 Å². The molecule has 5 nitrogen and oxygen atoms in total. The average molecular weight is 495 g/mol. The summed E-state index contributed by atoms with van der Waals surface area (Å²) < 4.78 is 10.6. The number of methoxy groups -OCH3 is 2. The van der Waals surface area contributed by atoms with E-state index in [1.807, 2.05) is 18.2 Å². The number of aliphatic imine (C=N–C) groups is 1. The Balaban J connectivity index is 0.00000280. The Kier molecular flexibility index (Phi) is 7.98. The lowest BCUT2D eigenvalue weighted by atomic mass is 9.78. The van der Waals surface area contributed by atoms with Crippen molar-refractivity contribution < 1.29 is 9.47 Å². The molecule has 1 aliphatic rings. The first-order chi connectivity index (χ1) is 13.1. The predicted octanol–water partition coefficient (Wildman–Crippen LogP) is 4.87. The number of nitrogens with zero attached hydrogens (tertiary/aromatic N) is 1. The van der Waals surface area contributed by atoms with Crippen molar-refractivity contribution in [2.45, 2.75) is 38.0 Å². The minimum atomic E-state index is 0. The minimum absolute atomic E-state index is 0. The number of anilines is 1. The van der Waals surface area contributed by atoms with Gasteiger partial charge in [0.25, 0.3) is 0 Å². The second-order valence-corrected chi connectivity index (χ2v) is 7.25. The van der Waals surface area contributed by atoms with E-state index in [2.05, 4.69) is 41.5 Å². The van der Waals surface area contributed by atoms with Crippen LogP contribution in [0.15, 0.2) is 47.5 Å². The lowest BCUT2D eigenvalue weighted by molar-refractivity contribution is 0.355. The van der Waals surface area contributed by atoms with Gasteiger partial charge in [0, 0.05) is 17.2 Å². The quantitative estimate of drug-likeness (QED) is 0.341. The standard InChI is InChI=1S/C22H29N3O2.HI/c1-16-7-6-8-17(13-16)22(11-4-5-12-22)15-24-21(23)25-18-9-10-19(26-2)20(14-18)27-3;/h6-10,13-14H,4-5,11-12,15H2,1-3H3,(H3,23,24,25);1H. The zero-order chi connectivity index (χ0) is 19.3. The molecule has 0 bridgehead atoms. The van der Waals surface area contributed by atoms with E-state index >= 15 is 0 Å². The van der Waals surface area contributed by atoms with Crippen LogP contribution in [0.5, 0.6) is 11.5 Å². The first-order valence-corrected chi connectivity index (χ1v) is 9.42. The van der Waals surface area contributed by atoms with Crippen LogP contribution in [-0.2, 0) is 5.41 Å². The normalized spacial score (nSPS) is 15.6. The molecule has 0 spiro atoms. The second kappa shape index (κ2) is 10.0. The predicted molar refractivity (Wildman–Crippen MR) is 126 cm³/mol.